The van der Waals surface area contributed by atoms with Gasteiger partial charge in [-0.15, -0.1) is 0 Å². The van der Waals surface area contributed by atoms with E-state index < -0.39 is 0 Å². The number of hydrogen-bond acceptors (Lipinski definition) is 3. The largest absolute Gasteiger partial charge is 0.281 e. The van der Waals surface area contributed by atoms with Crippen molar-refractivity contribution in [1.29, 1.82) is 0 Å². The summed E-state index contributed by atoms with van der Waals surface area (Å²) in [5.74, 6) is 6.73. The van der Waals surface area contributed by atoms with Crippen LogP contribution in [0.1, 0.15) is 5.56 Å². The third kappa shape index (κ3) is 7.81. The Morgan fingerprint density at radius 3 is 2.06 bits per heavy atom. The molecular weight excluding hydrogens is 248 g/mol. The first-order valence-corrected chi connectivity index (χ1v) is 4.73. The fraction of sp³-hybridized carbons (Fsp3) is 0.167. The molecule has 1 aromatic rings. The average Bonchev–Trinajstić information content (AvgIpc) is 2.41. The van der Waals surface area contributed by atoms with Gasteiger partial charge >= 0.3 is 80.6 Å². The van der Waals surface area contributed by atoms with Crippen molar-refractivity contribution in [2.45, 2.75) is 5.32 Å². The first-order chi connectivity index (χ1) is 7.86. The van der Waals surface area contributed by atoms with Crippen LogP contribution in [0.4, 0.5) is 0 Å². The topological polar surface area (TPSA) is 43.4 Å². The Kier molecular flexibility index (Phi) is 14.2. The van der Waals surface area contributed by atoms with Gasteiger partial charge in [-0.05, 0) is 0 Å². The zero-order valence-corrected chi connectivity index (χ0v) is 9.70. The van der Waals surface area contributed by atoms with Crippen molar-refractivity contribution in [2.75, 3.05) is 7.11 Å². The molecule has 0 fully saturated rings. The van der Waals surface area contributed by atoms with E-state index in [0.717, 1.165) is 11.3 Å². The first-order valence-electron chi connectivity index (χ1n) is 3.95. The molecular formula is C12H9FeO3. The van der Waals surface area contributed by atoms with Crippen LogP contribution in [0, 0.1) is 11.8 Å². The van der Waals surface area contributed by atoms with Crippen molar-refractivity contribution < 1.29 is 30.3 Å². The van der Waals surface area contributed by atoms with Gasteiger partial charge in [0, 0.05) is 0 Å². The van der Waals surface area contributed by atoms with Gasteiger partial charge in [0.1, 0.15) is 0 Å². The molecule has 4 heteroatoms. The van der Waals surface area contributed by atoms with Gasteiger partial charge in [0.15, 0.2) is 0 Å². The first kappa shape index (κ1) is 16.9. The molecule has 0 unspecified atom stereocenters. The van der Waals surface area contributed by atoms with Crippen molar-refractivity contribution in [2.24, 2.45) is 0 Å². The van der Waals surface area contributed by atoms with Crippen molar-refractivity contribution in [3.05, 3.63) is 29.8 Å². The molecule has 0 saturated heterocycles. The van der Waals surface area contributed by atoms with Crippen LogP contribution < -0.4 is 4.74 Å². The summed E-state index contributed by atoms with van der Waals surface area (Å²) in [4.78, 5) is 15.0. The van der Waals surface area contributed by atoms with Gasteiger partial charge in [-0.2, -0.15) is 0 Å². The summed E-state index contributed by atoms with van der Waals surface area (Å²) < 4.78 is 5.01. The van der Waals surface area contributed by atoms with Gasteiger partial charge < -0.3 is 0 Å². The van der Waals surface area contributed by atoms with Crippen LogP contribution in [-0.2, 0) is 25.6 Å². The summed E-state index contributed by atoms with van der Waals surface area (Å²) in [6.07, 6.45) is 0. The van der Waals surface area contributed by atoms with Gasteiger partial charge in [0.2, 0.25) is 0 Å². The second-order valence-corrected chi connectivity index (χ2v) is 2.55. The number of ether oxygens (including phenoxy) is 1. The zero-order valence-electron chi connectivity index (χ0n) is 8.59. The fourth-order valence-corrected chi connectivity index (χ4v) is 0.905. The van der Waals surface area contributed by atoms with Crippen LogP contribution in [0.25, 0.3) is 0 Å². The van der Waals surface area contributed by atoms with Crippen LogP contribution in [0.2, 0.25) is 5.32 Å². The van der Waals surface area contributed by atoms with Crippen LogP contribution in [0.3, 0.4) is 0 Å². The molecule has 0 heterocycles. The van der Waals surface area contributed by atoms with Crippen LogP contribution in [0.5, 0.6) is 5.75 Å². The molecule has 0 aromatic heterocycles. The molecule has 3 nitrogen and oxygen atoms in total. The number of methoxy groups -OCH3 is 1. The normalized spacial score (nSPS) is 6.88. The smallest absolute Gasteiger partial charge is 0.281 e. The van der Waals surface area contributed by atoms with Crippen LogP contribution in [-0.4, -0.2) is 20.7 Å². The Hall–Kier alpha value is -1.56. The number of benzene rings is 1. The standard InChI is InChI=1S/C10H9O.2CO.Fe/c1-3-4-9-5-7-10(11-2)8-6-9;2*1-2;/h5-8H,1H2,2H3;;;. The monoisotopic (exact) mass is 257 g/mol. The fourth-order valence-electron chi connectivity index (χ4n) is 0.808. The Bertz CT molecular complexity index is 322. The zero-order chi connectivity index (χ0) is 12.8. The molecule has 1 rings (SSSR count). The van der Waals surface area contributed by atoms with Crippen molar-refractivity contribution in [1.82, 2.24) is 0 Å². The minimum absolute atomic E-state index is 0.645. The summed E-state index contributed by atoms with van der Waals surface area (Å²) >= 11 is 3.64. The SMILES string of the molecule is COc1ccc(C#C[CH2][Fe])cc1.[C]=O.[C]=O. The van der Waals surface area contributed by atoms with Gasteiger partial charge in [0.05, 0.1) is 0 Å². The maximum Gasteiger partial charge on any atom is 0.281 e. The summed E-state index contributed by atoms with van der Waals surface area (Å²) in [5.41, 5.74) is 0.999. The van der Waals surface area contributed by atoms with Gasteiger partial charge in [-0.25, -0.2) is 0 Å². The minimum atomic E-state index is 0.645. The predicted octanol–water partition coefficient (Wildman–Crippen LogP) is 1.22. The summed E-state index contributed by atoms with van der Waals surface area (Å²) in [5, 5.41) is 0.645. The second-order valence-electron chi connectivity index (χ2n) is 2.16. The third-order valence-corrected chi connectivity index (χ3v) is 1.58. The third-order valence-electron chi connectivity index (χ3n) is 1.39. The summed E-state index contributed by atoms with van der Waals surface area (Å²) in [7, 11) is 1.65. The summed E-state index contributed by atoms with van der Waals surface area (Å²) in [6.45, 7) is 9.00. The Balaban J connectivity index is 0. The van der Waals surface area contributed by atoms with Gasteiger partial charge in [0.25, 0.3) is 13.6 Å². The molecule has 0 aliphatic rings. The maximum atomic E-state index is 7.50. The molecule has 1 aromatic carbocycles. The molecule has 0 amide bonds. The van der Waals surface area contributed by atoms with Crippen molar-refractivity contribution in [3.63, 3.8) is 0 Å². The Morgan fingerprint density at radius 1 is 1.19 bits per heavy atom. The van der Waals surface area contributed by atoms with E-state index in [0.29, 0.717) is 5.32 Å². The molecule has 0 aliphatic carbocycles. The van der Waals surface area contributed by atoms with E-state index in [2.05, 4.69) is 41.4 Å². The number of rotatable bonds is 1. The molecule has 0 saturated carbocycles. The van der Waals surface area contributed by atoms with Crippen LogP contribution in [0.15, 0.2) is 24.3 Å². The number of hydrogen-bond donors (Lipinski definition) is 0. The van der Waals surface area contributed by atoms with Crippen molar-refractivity contribution >= 4 is 13.6 Å². The molecule has 0 bridgehead atoms. The van der Waals surface area contributed by atoms with E-state index in [1.807, 2.05) is 24.3 Å². The molecule has 0 spiro atoms. The van der Waals surface area contributed by atoms with Crippen LogP contribution >= 0.6 is 0 Å². The van der Waals surface area contributed by atoms with Crippen molar-refractivity contribution in [3.8, 4) is 17.6 Å². The van der Waals surface area contributed by atoms with E-state index in [4.69, 9.17) is 14.3 Å². The minimum Gasteiger partial charge on any atom is -0.281 e. The second kappa shape index (κ2) is 13.4. The predicted molar refractivity (Wildman–Crippen MR) is 56.1 cm³/mol. The van der Waals surface area contributed by atoms with E-state index in [-0.39, 0.29) is 0 Å². The van der Waals surface area contributed by atoms with E-state index in [1.165, 1.54) is 0 Å². The molecule has 4 radical (unpaired) electrons. The van der Waals surface area contributed by atoms with Gasteiger partial charge in [-0.3, -0.25) is 9.59 Å². The molecule has 0 atom stereocenters. The molecule has 0 N–H and O–H groups in total. The van der Waals surface area contributed by atoms with E-state index in [1.54, 1.807) is 7.11 Å². The van der Waals surface area contributed by atoms with E-state index in [9.17, 15) is 0 Å². The molecule has 0 aliphatic heterocycles. The molecule has 16 heavy (non-hydrogen) atoms. The molecule has 83 valence electrons. The van der Waals surface area contributed by atoms with Gasteiger partial charge in [-0.1, -0.05) is 0 Å². The Labute approximate surface area is 104 Å². The van der Waals surface area contributed by atoms with E-state index >= 15 is 0 Å². The quantitative estimate of drug-likeness (QED) is 0.561. The summed E-state index contributed by atoms with van der Waals surface area (Å²) in [6, 6.07) is 7.66. The Morgan fingerprint density at radius 2 is 1.69 bits per heavy atom. The maximum absolute atomic E-state index is 7.50. The number of carbonyl (C=O) groups excluding carboxylic acids is 2. The average molecular weight is 257 g/mol.